The first-order valence-corrected chi connectivity index (χ1v) is 10.3. The van der Waals surface area contributed by atoms with Crippen molar-refractivity contribution in [2.45, 2.75) is 32.2 Å². The lowest BCUT2D eigenvalue weighted by Gasteiger charge is -2.20. The average molecular weight is 423 g/mol. The van der Waals surface area contributed by atoms with Gasteiger partial charge in [-0.2, -0.15) is 5.10 Å². The van der Waals surface area contributed by atoms with Crippen LogP contribution < -0.4 is 5.32 Å². The summed E-state index contributed by atoms with van der Waals surface area (Å²) in [6.45, 7) is 2.43. The number of rotatable bonds is 9. The zero-order valence-corrected chi connectivity index (χ0v) is 17.8. The predicted octanol–water partition coefficient (Wildman–Crippen LogP) is 3.82. The van der Waals surface area contributed by atoms with E-state index in [9.17, 15) is 14.0 Å². The van der Waals surface area contributed by atoms with Gasteiger partial charge >= 0.3 is 0 Å². The molecule has 3 aromatic rings. The van der Waals surface area contributed by atoms with E-state index in [2.05, 4.69) is 15.5 Å². The van der Waals surface area contributed by atoms with Gasteiger partial charge in [-0.25, -0.2) is 4.39 Å². The minimum Gasteiger partial charge on any atom is -0.349 e. The fraction of sp³-hybridized carbons (Fsp3) is 0.292. The lowest BCUT2D eigenvalue weighted by atomic mass is 10.1. The van der Waals surface area contributed by atoms with E-state index in [-0.39, 0.29) is 30.1 Å². The van der Waals surface area contributed by atoms with Gasteiger partial charge in [0.2, 0.25) is 5.91 Å². The molecule has 0 fully saturated rings. The van der Waals surface area contributed by atoms with Crippen LogP contribution in [-0.4, -0.2) is 46.5 Å². The molecule has 0 spiro atoms. The number of aromatic nitrogens is 2. The number of benzene rings is 2. The van der Waals surface area contributed by atoms with E-state index in [0.717, 1.165) is 29.8 Å². The number of carbonyl (C=O) groups is 2. The smallest absolute Gasteiger partial charge is 0.251 e. The number of halogens is 1. The Morgan fingerprint density at radius 1 is 1.13 bits per heavy atom. The summed E-state index contributed by atoms with van der Waals surface area (Å²) < 4.78 is 13.1. The Bertz CT molecular complexity index is 1000. The summed E-state index contributed by atoms with van der Waals surface area (Å²) in [5.74, 6) is -0.474. The maximum absolute atomic E-state index is 13.1. The van der Waals surface area contributed by atoms with Crippen LogP contribution >= 0.6 is 0 Å². The second-order valence-corrected chi connectivity index (χ2v) is 7.65. The van der Waals surface area contributed by atoms with Crippen LogP contribution in [0.3, 0.4) is 0 Å². The summed E-state index contributed by atoms with van der Waals surface area (Å²) in [6.07, 6.45) is 1.76. The highest BCUT2D eigenvalue weighted by molar-refractivity contribution is 5.94. The summed E-state index contributed by atoms with van der Waals surface area (Å²) in [5.41, 5.74) is 3.16. The number of hydrogen-bond donors (Lipinski definition) is 2. The predicted molar refractivity (Wildman–Crippen MR) is 118 cm³/mol. The molecule has 2 aromatic carbocycles. The van der Waals surface area contributed by atoms with Crippen molar-refractivity contribution in [2.24, 2.45) is 0 Å². The van der Waals surface area contributed by atoms with Crippen LogP contribution in [-0.2, 0) is 11.2 Å². The van der Waals surface area contributed by atoms with Gasteiger partial charge in [-0.3, -0.25) is 14.7 Å². The van der Waals surface area contributed by atoms with Crippen molar-refractivity contribution >= 4 is 11.8 Å². The van der Waals surface area contributed by atoms with Gasteiger partial charge in [0, 0.05) is 42.9 Å². The van der Waals surface area contributed by atoms with Crippen molar-refractivity contribution in [1.82, 2.24) is 20.4 Å². The Hall–Kier alpha value is -3.48. The molecule has 31 heavy (non-hydrogen) atoms. The fourth-order valence-corrected chi connectivity index (χ4v) is 3.26. The highest BCUT2D eigenvalue weighted by Gasteiger charge is 2.16. The molecular weight excluding hydrogens is 395 g/mol. The molecule has 1 aromatic heterocycles. The molecule has 2 amide bonds. The number of carbonyl (C=O) groups excluding carboxylic acids is 2. The monoisotopic (exact) mass is 422 g/mol. The standard InChI is InChI=1S/C24H27FN4O2/c1-17(26-24(31)19-7-4-3-5-8-19)15-23(30)29(2)14-6-9-21-16-22(28-27-21)18-10-12-20(25)13-11-18/h3-5,7-8,10-13,16-17H,6,9,14-15H2,1-2H3,(H,26,31)(H,27,28). The van der Waals surface area contributed by atoms with Crippen LogP contribution in [0, 0.1) is 5.82 Å². The number of amides is 2. The number of H-pyrrole nitrogens is 1. The molecule has 0 saturated carbocycles. The highest BCUT2D eigenvalue weighted by atomic mass is 19.1. The minimum atomic E-state index is -0.277. The second-order valence-electron chi connectivity index (χ2n) is 7.65. The summed E-state index contributed by atoms with van der Waals surface area (Å²) in [6, 6.07) is 16.8. The van der Waals surface area contributed by atoms with Crippen LogP contribution in [0.4, 0.5) is 4.39 Å². The maximum Gasteiger partial charge on any atom is 0.251 e. The summed E-state index contributed by atoms with van der Waals surface area (Å²) in [5, 5.41) is 10.1. The average Bonchev–Trinajstić information content (AvgIpc) is 3.23. The molecule has 1 unspecified atom stereocenters. The van der Waals surface area contributed by atoms with E-state index in [4.69, 9.17) is 0 Å². The Labute approximate surface area is 181 Å². The first-order chi connectivity index (χ1) is 14.9. The van der Waals surface area contributed by atoms with Crippen molar-refractivity contribution in [3.8, 4) is 11.3 Å². The molecule has 6 nitrogen and oxygen atoms in total. The van der Waals surface area contributed by atoms with Gasteiger partial charge in [0.1, 0.15) is 5.82 Å². The highest BCUT2D eigenvalue weighted by Crippen LogP contribution is 2.18. The molecule has 0 radical (unpaired) electrons. The van der Waals surface area contributed by atoms with E-state index in [0.29, 0.717) is 12.1 Å². The van der Waals surface area contributed by atoms with Gasteiger partial charge in [0.25, 0.3) is 5.91 Å². The molecule has 0 bridgehead atoms. The zero-order chi connectivity index (χ0) is 22.2. The molecule has 0 aliphatic heterocycles. The molecule has 1 atom stereocenters. The summed E-state index contributed by atoms with van der Waals surface area (Å²) in [4.78, 5) is 26.3. The molecule has 3 rings (SSSR count). The van der Waals surface area contributed by atoms with Crippen molar-refractivity contribution < 1.29 is 14.0 Å². The Morgan fingerprint density at radius 3 is 2.55 bits per heavy atom. The van der Waals surface area contributed by atoms with Crippen LogP contribution in [0.15, 0.2) is 60.7 Å². The first-order valence-electron chi connectivity index (χ1n) is 10.3. The van der Waals surface area contributed by atoms with Gasteiger partial charge < -0.3 is 10.2 Å². The van der Waals surface area contributed by atoms with Gasteiger partial charge in [-0.15, -0.1) is 0 Å². The number of nitrogens with one attached hydrogen (secondary N) is 2. The van der Waals surface area contributed by atoms with Crippen LogP contribution in [0.1, 0.15) is 35.8 Å². The van der Waals surface area contributed by atoms with Crippen molar-refractivity contribution in [2.75, 3.05) is 13.6 Å². The van der Waals surface area contributed by atoms with Crippen molar-refractivity contribution in [1.29, 1.82) is 0 Å². The third-order valence-electron chi connectivity index (χ3n) is 5.03. The summed E-state index contributed by atoms with van der Waals surface area (Å²) in [7, 11) is 1.77. The molecule has 0 aliphatic rings. The molecule has 2 N–H and O–H groups in total. The molecule has 0 aliphatic carbocycles. The van der Waals surface area contributed by atoms with Gasteiger partial charge in [-0.05, 0) is 62.2 Å². The van der Waals surface area contributed by atoms with Crippen LogP contribution in [0.2, 0.25) is 0 Å². The van der Waals surface area contributed by atoms with E-state index in [1.54, 1.807) is 48.3 Å². The second kappa shape index (κ2) is 10.5. The van der Waals surface area contributed by atoms with Gasteiger partial charge in [0.05, 0.1) is 5.69 Å². The number of aryl methyl sites for hydroxylation is 1. The Balaban J connectivity index is 1.41. The number of hydrogen-bond acceptors (Lipinski definition) is 3. The van der Waals surface area contributed by atoms with Crippen molar-refractivity contribution in [3.63, 3.8) is 0 Å². The minimum absolute atomic E-state index is 0.0162. The largest absolute Gasteiger partial charge is 0.349 e. The quantitative estimate of drug-likeness (QED) is 0.550. The Morgan fingerprint density at radius 2 is 1.84 bits per heavy atom. The fourth-order valence-electron chi connectivity index (χ4n) is 3.26. The molecular formula is C24H27FN4O2. The molecule has 162 valence electrons. The molecule has 7 heteroatoms. The first kappa shape index (κ1) is 22.2. The van der Waals surface area contributed by atoms with E-state index in [1.165, 1.54) is 12.1 Å². The van der Waals surface area contributed by atoms with E-state index < -0.39 is 0 Å². The normalized spacial score (nSPS) is 11.7. The third kappa shape index (κ3) is 6.50. The maximum atomic E-state index is 13.1. The third-order valence-corrected chi connectivity index (χ3v) is 5.03. The lowest BCUT2D eigenvalue weighted by molar-refractivity contribution is -0.130. The van der Waals surface area contributed by atoms with E-state index in [1.807, 2.05) is 19.1 Å². The van der Waals surface area contributed by atoms with Gasteiger partial charge in [0.15, 0.2) is 0 Å². The summed E-state index contributed by atoms with van der Waals surface area (Å²) >= 11 is 0. The zero-order valence-electron chi connectivity index (χ0n) is 17.8. The SMILES string of the molecule is CC(CC(=O)N(C)CCCc1cc(-c2ccc(F)cc2)n[nH]1)NC(=O)c1ccccc1. The Kier molecular flexibility index (Phi) is 7.54. The number of aromatic amines is 1. The van der Waals surface area contributed by atoms with Crippen LogP contribution in [0.5, 0.6) is 0 Å². The topological polar surface area (TPSA) is 78.1 Å². The van der Waals surface area contributed by atoms with Gasteiger partial charge in [-0.1, -0.05) is 18.2 Å². The van der Waals surface area contributed by atoms with Crippen molar-refractivity contribution in [3.05, 3.63) is 77.7 Å². The number of nitrogens with zero attached hydrogens (tertiary/aromatic N) is 2. The van der Waals surface area contributed by atoms with E-state index >= 15 is 0 Å². The lowest BCUT2D eigenvalue weighted by Crippen LogP contribution is -2.38. The van der Waals surface area contributed by atoms with Crippen LogP contribution in [0.25, 0.3) is 11.3 Å². The molecule has 1 heterocycles. The molecule has 0 saturated heterocycles.